The smallest absolute Gasteiger partial charge is 0.303 e. The van der Waals surface area contributed by atoms with Gasteiger partial charge in [-0.25, -0.2) is 0 Å². The van der Waals surface area contributed by atoms with Crippen molar-refractivity contribution >= 4 is 11.7 Å². The number of hydrogen-bond donors (Lipinski definition) is 2. The number of benzene rings is 1. The Morgan fingerprint density at radius 1 is 1.58 bits per heavy atom. The molecule has 0 amide bonds. The van der Waals surface area contributed by atoms with Crippen LogP contribution in [0.25, 0.3) is 0 Å². The van der Waals surface area contributed by atoms with Crippen molar-refractivity contribution < 1.29 is 19.7 Å². The van der Waals surface area contributed by atoms with E-state index >= 15 is 0 Å². The summed E-state index contributed by atoms with van der Waals surface area (Å²) in [5.41, 5.74) is 3.02. The number of fused-ring (bicyclic) bond motifs is 3. The number of hydrogen-bond acceptors (Lipinski definition) is 4. The number of rotatable bonds is 2. The van der Waals surface area contributed by atoms with Crippen LogP contribution in [-0.4, -0.2) is 36.4 Å². The fraction of sp³-hybridized carbons (Fsp3) is 0.500. The van der Waals surface area contributed by atoms with Gasteiger partial charge in [0, 0.05) is 30.8 Å². The normalized spacial score (nSPS) is 20.7. The number of aromatic hydroxyl groups is 1. The van der Waals surface area contributed by atoms with Gasteiger partial charge in [-0.2, -0.15) is 0 Å². The molecule has 2 aliphatic rings. The van der Waals surface area contributed by atoms with Crippen LogP contribution in [-0.2, 0) is 11.2 Å². The summed E-state index contributed by atoms with van der Waals surface area (Å²) >= 11 is 0. The maximum atomic E-state index is 11.0. The second kappa shape index (κ2) is 4.33. The first-order valence-corrected chi connectivity index (χ1v) is 6.52. The second-order valence-electron chi connectivity index (χ2n) is 5.25. The molecule has 19 heavy (non-hydrogen) atoms. The standard InChI is InChI=1S/C14H17NO4/c1-15-4-2-9-6-10(16)14-12(13(9)15)8(3-5-19-14)7-11(17)18/h6,8,16H,2-5,7H2,1H3,(H,17,18). The van der Waals surface area contributed by atoms with E-state index in [9.17, 15) is 9.90 Å². The monoisotopic (exact) mass is 263 g/mol. The number of aliphatic carboxylic acids is 1. The van der Waals surface area contributed by atoms with Crippen molar-refractivity contribution in [3.8, 4) is 11.5 Å². The average molecular weight is 263 g/mol. The molecule has 0 radical (unpaired) electrons. The number of nitrogens with zero attached hydrogens (tertiary/aromatic N) is 1. The van der Waals surface area contributed by atoms with Gasteiger partial charge in [-0.1, -0.05) is 0 Å². The molecule has 0 fully saturated rings. The van der Waals surface area contributed by atoms with E-state index in [2.05, 4.69) is 4.90 Å². The molecule has 1 aromatic carbocycles. The highest BCUT2D eigenvalue weighted by molar-refractivity contribution is 5.75. The summed E-state index contributed by atoms with van der Waals surface area (Å²) in [5, 5.41) is 19.1. The first kappa shape index (κ1) is 12.1. The van der Waals surface area contributed by atoms with Gasteiger partial charge in [-0.15, -0.1) is 0 Å². The van der Waals surface area contributed by atoms with Gasteiger partial charge in [0.05, 0.1) is 13.0 Å². The van der Waals surface area contributed by atoms with Crippen molar-refractivity contribution in [2.75, 3.05) is 25.1 Å². The highest BCUT2D eigenvalue weighted by atomic mass is 16.5. The van der Waals surface area contributed by atoms with E-state index in [1.807, 2.05) is 7.05 Å². The molecule has 0 aliphatic carbocycles. The van der Waals surface area contributed by atoms with Crippen LogP contribution < -0.4 is 9.64 Å². The van der Waals surface area contributed by atoms with Crippen molar-refractivity contribution in [2.24, 2.45) is 0 Å². The fourth-order valence-corrected chi connectivity index (χ4v) is 3.15. The molecule has 0 aromatic heterocycles. The molecular weight excluding hydrogens is 246 g/mol. The molecule has 2 aliphatic heterocycles. The Bertz CT molecular complexity index is 541. The van der Waals surface area contributed by atoms with Gasteiger partial charge >= 0.3 is 5.97 Å². The Balaban J connectivity index is 2.15. The van der Waals surface area contributed by atoms with Gasteiger partial charge in [-0.05, 0) is 24.5 Å². The number of carboxylic acids is 1. The average Bonchev–Trinajstić information content (AvgIpc) is 2.71. The van der Waals surface area contributed by atoms with Crippen LogP contribution >= 0.6 is 0 Å². The molecule has 0 saturated carbocycles. The Labute approximate surface area is 111 Å². The molecule has 0 saturated heterocycles. The maximum Gasteiger partial charge on any atom is 0.303 e. The summed E-state index contributed by atoms with van der Waals surface area (Å²) < 4.78 is 5.57. The van der Waals surface area contributed by atoms with Crippen molar-refractivity contribution in [1.29, 1.82) is 0 Å². The third kappa shape index (κ3) is 1.89. The van der Waals surface area contributed by atoms with Crippen molar-refractivity contribution in [1.82, 2.24) is 0 Å². The zero-order valence-corrected chi connectivity index (χ0v) is 10.8. The van der Waals surface area contributed by atoms with E-state index in [0.717, 1.165) is 29.8 Å². The van der Waals surface area contributed by atoms with E-state index in [4.69, 9.17) is 9.84 Å². The molecule has 2 heterocycles. The molecule has 1 aromatic rings. The van der Waals surface area contributed by atoms with E-state index < -0.39 is 5.97 Å². The minimum atomic E-state index is -0.810. The molecule has 2 N–H and O–H groups in total. The summed E-state index contributed by atoms with van der Waals surface area (Å²) in [6, 6.07) is 1.75. The Hall–Kier alpha value is -1.91. The topological polar surface area (TPSA) is 70.0 Å². The van der Waals surface area contributed by atoms with Crippen LogP contribution in [0.4, 0.5) is 5.69 Å². The summed E-state index contributed by atoms with van der Waals surface area (Å²) in [7, 11) is 2.00. The number of phenolic OH excluding ortho intramolecular Hbond substituents is 1. The van der Waals surface area contributed by atoms with Crippen molar-refractivity contribution in [3.63, 3.8) is 0 Å². The molecule has 1 atom stereocenters. The zero-order chi connectivity index (χ0) is 13.6. The fourth-order valence-electron chi connectivity index (χ4n) is 3.15. The minimum absolute atomic E-state index is 0.0809. The summed E-state index contributed by atoms with van der Waals surface area (Å²) in [6.45, 7) is 1.35. The van der Waals surface area contributed by atoms with Crippen LogP contribution in [0, 0.1) is 0 Å². The van der Waals surface area contributed by atoms with Gasteiger partial charge in [-0.3, -0.25) is 4.79 Å². The second-order valence-corrected chi connectivity index (χ2v) is 5.25. The molecule has 102 valence electrons. The predicted molar refractivity (Wildman–Crippen MR) is 70.2 cm³/mol. The zero-order valence-electron chi connectivity index (χ0n) is 10.8. The van der Waals surface area contributed by atoms with Crippen LogP contribution in [0.15, 0.2) is 6.07 Å². The van der Waals surface area contributed by atoms with E-state index in [0.29, 0.717) is 18.8 Å². The molecular formula is C14H17NO4. The first-order valence-electron chi connectivity index (χ1n) is 6.52. The number of anilines is 1. The number of carbonyl (C=O) groups is 1. The van der Waals surface area contributed by atoms with Crippen molar-refractivity contribution in [2.45, 2.75) is 25.2 Å². The number of ether oxygens (including phenoxy) is 1. The van der Waals surface area contributed by atoms with Gasteiger partial charge in [0.2, 0.25) is 0 Å². The van der Waals surface area contributed by atoms with Crippen LogP contribution in [0.3, 0.4) is 0 Å². The van der Waals surface area contributed by atoms with E-state index in [1.165, 1.54) is 0 Å². The minimum Gasteiger partial charge on any atom is -0.504 e. The molecule has 1 unspecified atom stereocenters. The Morgan fingerprint density at radius 2 is 2.37 bits per heavy atom. The van der Waals surface area contributed by atoms with Crippen LogP contribution in [0.5, 0.6) is 11.5 Å². The molecule has 3 rings (SSSR count). The van der Waals surface area contributed by atoms with Gasteiger partial charge in [0.25, 0.3) is 0 Å². The van der Waals surface area contributed by atoms with Crippen LogP contribution in [0.2, 0.25) is 0 Å². The lowest BCUT2D eigenvalue weighted by molar-refractivity contribution is -0.137. The summed E-state index contributed by atoms with van der Waals surface area (Å²) in [5.74, 6) is -0.276. The highest BCUT2D eigenvalue weighted by Crippen LogP contribution is 2.50. The lowest BCUT2D eigenvalue weighted by atomic mass is 9.87. The predicted octanol–water partition coefficient (Wildman–Crippen LogP) is 1.73. The number of phenols is 1. The summed E-state index contributed by atoms with van der Waals surface area (Å²) in [6.07, 6.45) is 1.65. The third-order valence-corrected chi connectivity index (χ3v) is 3.99. The lowest BCUT2D eigenvalue weighted by Gasteiger charge is -2.30. The quantitative estimate of drug-likeness (QED) is 0.850. The van der Waals surface area contributed by atoms with Gasteiger partial charge < -0.3 is 19.8 Å². The number of carboxylic acid groups (broad SMARTS) is 1. The molecule has 0 spiro atoms. The number of likely N-dealkylation sites (N-methyl/N-ethyl adjacent to an activating group) is 1. The van der Waals surface area contributed by atoms with Gasteiger partial charge in [0.15, 0.2) is 11.5 Å². The summed E-state index contributed by atoms with van der Waals surface area (Å²) in [4.78, 5) is 13.1. The molecule has 5 heteroatoms. The van der Waals surface area contributed by atoms with Crippen LogP contribution in [0.1, 0.15) is 29.9 Å². The Morgan fingerprint density at radius 3 is 3.11 bits per heavy atom. The highest BCUT2D eigenvalue weighted by Gasteiger charge is 2.33. The van der Waals surface area contributed by atoms with Gasteiger partial charge in [0.1, 0.15) is 0 Å². The lowest BCUT2D eigenvalue weighted by Crippen LogP contribution is -2.21. The Kier molecular flexibility index (Phi) is 2.77. The largest absolute Gasteiger partial charge is 0.504 e. The third-order valence-electron chi connectivity index (χ3n) is 3.99. The molecule has 0 bridgehead atoms. The maximum absolute atomic E-state index is 11.0. The van der Waals surface area contributed by atoms with E-state index in [1.54, 1.807) is 6.07 Å². The first-order chi connectivity index (χ1) is 9.08. The molecule has 5 nitrogen and oxygen atoms in total. The van der Waals surface area contributed by atoms with Crippen molar-refractivity contribution in [3.05, 3.63) is 17.2 Å². The SMILES string of the molecule is CN1CCc2cc(O)c3c(c21)C(CC(=O)O)CCO3. The van der Waals surface area contributed by atoms with E-state index in [-0.39, 0.29) is 18.1 Å².